The van der Waals surface area contributed by atoms with E-state index in [0.717, 1.165) is 16.7 Å². The number of hydrogen-bond acceptors (Lipinski definition) is 9. The van der Waals surface area contributed by atoms with Crippen molar-refractivity contribution in [3.63, 3.8) is 0 Å². The second-order valence-corrected chi connectivity index (χ2v) is 10.7. The molecule has 0 atom stereocenters. The van der Waals surface area contributed by atoms with Crippen LogP contribution in [0.3, 0.4) is 0 Å². The van der Waals surface area contributed by atoms with Gasteiger partial charge in [0, 0.05) is 11.1 Å². The Morgan fingerprint density at radius 2 is 1.85 bits per heavy atom. The number of imide groups is 1. The molecule has 0 aromatic heterocycles. The lowest BCUT2D eigenvalue weighted by atomic mass is 10.1. The molecular weight excluding hydrogens is 626 g/mol. The molecule has 0 unspecified atom stereocenters. The Balaban J connectivity index is 1.37. The molecule has 1 fully saturated rings. The van der Waals surface area contributed by atoms with Crippen molar-refractivity contribution in [3.8, 4) is 28.7 Å². The van der Waals surface area contributed by atoms with Crippen LogP contribution in [0.1, 0.15) is 28.4 Å². The molecule has 206 valence electrons. The van der Waals surface area contributed by atoms with Crippen LogP contribution in [0, 0.1) is 0 Å². The van der Waals surface area contributed by atoms with Crippen molar-refractivity contribution < 1.29 is 38.1 Å². The highest BCUT2D eigenvalue weighted by molar-refractivity contribution is 9.10. The molecule has 0 aliphatic carbocycles. The molecule has 0 bridgehead atoms. The third-order valence-electron chi connectivity index (χ3n) is 5.89. The maximum Gasteiger partial charge on any atom is 0.343 e. The summed E-state index contributed by atoms with van der Waals surface area (Å²) in [7, 11) is 1.54. The van der Waals surface area contributed by atoms with Crippen molar-refractivity contribution >= 4 is 62.5 Å². The van der Waals surface area contributed by atoms with E-state index in [0.29, 0.717) is 50.0 Å². The molecule has 9 nitrogen and oxygen atoms in total. The number of nitrogens with zero attached hydrogens (tertiary/aromatic N) is 1. The minimum absolute atomic E-state index is 0.0222. The molecule has 40 heavy (non-hydrogen) atoms. The van der Waals surface area contributed by atoms with Crippen LogP contribution in [-0.4, -0.2) is 42.5 Å². The van der Waals surface area contributed by atoms with Gasteiger partial charge >= 0.3 is 5.97 Å². The van der Waals surface area contributed by atoms with E-state index in [1.807, 2.05) is 0 Å². The second-order valence-electron chi connectivity index (χ2n) is 8.45. The SMILES string of the molecule is CCOc1cc(/C=C2\SC(=O)N(Cc3cc4c(cc3Cl)OCO4)C2=O)cc(Br)c1OC(=O)c1ccc(OC)cc1. The lowest BCUT2D eigenvalue weighted by Crippen LogP contribution is -2.27. The summed E-state index contributed by atoms with van der Waals surface area (Å²) in [5.74, 6) is 1.05. The monoisotopic (exact) mass is 645 g/mol. The van der Waals surface area contributed by atoms with Gasteiger partial charge in [-0.05, 0) is 94.3 Å². The molecule has 3 aromatic rings. The Morgan fingerprint density at radius 1 is 1.12 bits per heavy atom. The summed E-state index contributed by atoms with van der Waals surface area (Å²) in [4.78, 5) is 40.0. The van der Waals surface area contributed by atoms with Gasteiger partial charge in [-0.2, -0.15) is 0 Å². The van der Waals surface area contributed by atoms with Crippen molar-refractivity contribution in [2.45, 2.75) is 13.5 Å². The van der Waals surface area contributed by atoms with Crippen LogP contribution in [0.15, 0.2) is 57.9 Å². The molecule has 2 heterocycles. The van der Waals surface area contributed by atoms with Crippen LogP contribution in [-0.2, 0) is 11.3 Å². The van der Waals surface area contributed by atoms with E-state index in [1.165, 1.54) is 7.11 Å². The summed E-state index contributed by atoms with van der Waals surface area (Å²) >= 11 is 10.6. The summed E-state index contributed by atoms with van der Waals surface area (Å²) in [6, 6.07) is 13.1. The van der Waals surface area contributed by atoms with Gasteiger partial charge in [0.1, 0.15) is 5.75 Å². The van der Waals surface area contributed by atoms with Crippen molar-refractivity contribution in [3.05, 3.63) is 79.6 Å². The zero-order valence-corrected chi connectivity index (χ0v) is 24.4. The number of carbonyl (C=O) groups is 3. The van der Waals surface area contributed by atoms with Gasteiger partial charge in [-0.1, -0.05) is 11.6 Å². The van der Waals surface area contributed by atoms with Gasteiger partial charge in [-0.25, -0.2) is 4.79 Å². The summed E-state index contributed by atoms with van der Waals surface area (Å²) in [5, 5.41) is -0.0727. The molecule has 0 spiro atoms. The van der Waals surface area contributed by atoms with Crippen molar-refractivity contribution in [1.82, 2.24) is 4.90 Å². The molecular formula is C28H21BrClNO8S. The van der Waals surface area contributed by atoms with Crippen LogP contribution < -0.4 is 23.7 Å². The van der Waals surface area contributed by atoms with Crippen molar-refractivity contribution in [2.75, 3.05) is 20.5 Å². The Morgan fingerprint density at radius 3 is 2.55 bits per heavy atom. The Bertz CT molecular complexity index is 1540. The van der Waals surface area contributed by atoms with E-state index >= 15 is 0 Å². The molecule has 1 saturated heterocycles. The quantitative estimate of drug-likeness (QED) is 0.150. The summed E-state index contributed by atoms with van der Waals surface area (Å²) in [5.41, 5.74) is 1.44. The standard InChI is InChI=1S/C28H21BrClNO8S/c1-3-36-23-9-15(8-19(29)25(23)39-27(33)16-4-6-18(35-2)7-5-16)10-24-26(32)31(28(34)40-24)13-17-11-21-22(12-20(17)30)38-14-37-21/h4-12H,3,13-14H2,1-2H3/b24-10-. The van der Waals surface area contributed by atoms with Crippen LogP contribution in [0.25, 0.3) is 6.08 Å². The fourth-order valence-electron chi connectivity index (χ4n) is 3.95. The molecule has 2 aliphatic heterocycles. The Kier molecular flexibility index (Phi) is 8.24. The number of methoxy groups -OCH3 is 1. The summed E-state index contributed by atoms with van der Waals surface area (Å²) < 4.78 is 27.6. The number of esters is 1. The number of thioether (sulfide) groups is 1. The van der Waals surface area contributed by atoms with E-state index in [-0.39, 0.29) is 29.7 Å². The van der Waals surface area contributed by atoms with Gasteiger partial charge < -0.3 is 23.7 Å². The van der Waals surface area contributed by atoms with Gasteiger partial charge in [0.25, 0.3) is 11.1 Å². The number of halogens is 2. The number of ether oxygens (including phenoxy) is 5. The first-order valence-corrected chi connectivity index (χ1v) is 13.9. The number of amides is 2. The number of fused-ring (bicyclic) bond motifs is 1. The first-order valence-electron chi connectivity index (χ1n) is 11.9. The van der Waals surface area contributed by atoms with Gasteiger partial charge in [-0.15, -0.1) is 0 Å². The molecule has 0 radical (unpaired) electrons. The number of benzene rings is 3. The average Bonchev–Trinajstić information content (AvgIpc) is 3.49. The molecule has 12 heteroatoms. The molecule has 0 N–H and O–H groups in total. The molecule has 2 amide bonds. The fraction of sp³-hybridized carbons (Fsp3) is 0.179. The van der Waals surface area contributed by atoms with E-state index in [4.69, 9.17) is 35.3 Å². The zero-order valence-electron chi connectivity index (χ0n) is 21.2. The molecule has 0 saturated carbocycles. The summed E-state index contributed by atoms with van der Waals surface area (Å²) in [6.45, 7) is 2.15. The highest BCUT2D eigenvalue weighted by Crippen LogP contribution is 2.41. The van der Waals surface area contributed by atoms with Crippen LogP contribution in [0.5, 0.6) is 28.7 Å². The van der Waals surface area contributed by atoms with E-state index in [2.05, 4.69) is 15.9 Å². The van der Waals surface area contributed by atoms with E-state index in [1.54, 1.807) is 61.5 Å². The van der Waals surface area contributed by atoms with Crippen molar-refractivity contribution in [1.29, 1.82) is 0 Å². The zero-order chi connectivity index (χ0) is 28.4. The second kappa shape index (κ2) is 11.8. The maximum absolute atomic E-state index is 13.2. The van der Waals surface area contributed by atoms with Crippen LogP contribution >= 0.6 is 39.3 Å². The topological polar surface area (TPSA) is 101 Å². The number of hydrogen-bond donors (Lipinski definition) is 0. The first-order chi connectivity index (χ1) is 19.3. The van der Waals surface area contributed by atoms with Crippen LogP contribution in [0.4, 0.5) is 4.79 Å². The Hall–Kier alpha value is -3.67. The van der Waals surface area contributed by atoms with Gasteiger partial charge in [0.2, 0.25) is 6.79 Å². The Labute approximate surface area is 247 Å². The van der Waals surface area contributed by atoms with Gasteiger partial charge in [0.05, 0.1) is 35.2 Å². The third kappa shape index (κ3) is 5.77. The fourth-order valence-corrected chi connectivity index (χ4v) is 5.54. The number of rotatable bonds is 8. The molecule has 5 rings (SSSR count). The molecule has 2 aliphatic rings. The predicted molar refractivity (Wildman–Crippen MR) is 152 cm³/mol. The normalized spacial score (nSPS) is 15.1. The van der Waals surface area contributed by atoms with Crippen LogP contribution in [0.2, 0.25) is 5.02 Å². The highest BCUT2D eigenvalue weighted by Gasteiger charge is 2.36. The summed E-state index contributed by atoms with van der Waals surface area (Å²) in [6.07, 6.45) is 1.58. The van der Waals surface area contributed by atoms with Gasteiger partial charge in [-0.3, -0.25) is 14.5 Å². The smallest absolute Gasteiger partial charge is 0.343 e. The van der Waals surface area contributed by atoms with E-state index in [9.17, 15) is 14.4 Å². The minimum atomic E-state index is -0.583. The van der Waals surface area contributed by atoms with E-state index < -0.39 is 17.1 Å². The third-order valence-corrected chi connectivity index (χ3v) is 7.74. The molecule has 3 aromatic carbocycles. The highest BCUT2D eigenvalue weighted by atomic mass is 79.9. The predicted octanol–water partition coefficient (Wildman–Crippen LogP) is 6.69. The lowest BCUT2D eigenvalue weighted by Gasteiger charge is -2.14. The number of carbonyl (C=O) groups excluding carboxylic acids is 3. The largest absolute Gasteiger partial charge is 0.497 e. The average molecular weight is 647 g/mol. The maximum atomic E-state index is 13.2. The van der Waals surface area contributed by atoms with Gasteiger partial charge in [0.15, 0.2) is 23.0 Å². The lowest BCUT2D eigenvalue weighted by molar-refractivity contribution is -0.123. The minimum Gasteiger partial charge on any atom is -0.497 e. The first kappa shape index (κ1) is 27.9. The van der Waals surface area contributed by atoms with Crippen molar-refractivity contribution in [2.24, 2.45) is 0 Å².